The molecule has 19 heavy (non-hydrogen) atoms. The number of aliphatic hydroxyl groups is 2. The van der Waals surface area contributed by atoms with Crippen LogP contribution in [0.25, 0.3) is 0 Å². The number of nitrogens with zero attached hydrogens (tertiary/aromatic N) is 2. The molecule has 120 valence electrons. The lowest BCUT2D eigenvalue weighted by molar-refractivity contribution is -0.872. The Balaban J connectivity index is -0.000000112. The number of quaternary nitrogens is 2. The molecule has 0 spiro atoms. The molecule has 6 nitrogen and oxygen atoms in total. The van der Waals surface area contributed by atoms with Crippen molar-refractivity contribution in [3.05, 3.63) is 0 Å². The fourth-order valence-corrected chi connectivity index (χ4v) is 0.897. The second kappa shape index (κ2) is 11.2. The Hall–Kier alpha value is -0.690. The number of hydrogen-bond acceptors (Lipinski definition) is 3. The summed E-state index contributed by atoms with van der Waals surface area (Å²) in [5.74, 6) is -1.16. The van der Waals surface area contributed by atoms with Gasteiger partial charge < -0.3 is 24.3 Å². The molecule has 0 bridgehead atoms. The van der Waals surface area contributed by atoms with Crippen LogP contribution in [0.1, 0.15) is 14.9 Å². The van der Waals surface area contributed by atoms with Crippen LogP contribution in [0.5, 0.6) is 0 Å². The van der Waals surface area contributed by atoms with Crippen LogP contribution >= 0.6 is 0 Å². The maximum absolute atomic E-state index is 10.1. The highest BCUT2D eigenvalue weighted by Gasteiger charge is 2.21. The van der Waals surface area contributed by atoms with E-state index in [0.717, 1.165) is 11.0 Å². The highest BCUT2D eigenvalue weighted by Crippen LogP contribution is 1.94. The van der Waals surface area contributed by atoms with E-state index in [1.807, 2.05) is 21.1 Å². The zero-order valence-electron chi connectivity index (χ0n) is 11.8. The molecule has 0 rings (SSSR count). The fraction of sp³-hybridized carbons (Fsp3) is 0.923. The Morgan fingerprint density at radius 2 is 1.37 bits per heavy atom. The van der Waals surface area contributed by atoms with Crippen molar-refractivity contribution in [2.75, 3.05) is 62.0 Å². The molecule has 1 unspecified atom stereocenters. The van der Waals surface area contributed by atoms with E-state index in [4.69, 9.17) is 15.3 Å². The lowest BCUT2D eigenvalue weighted by Crippen LogP contribution is -2.44. The number of aliphatic hydroxyl groups excluding tert-OH is 2. The quantitative estimate of drug-likeness (QED) is 0.626. The molecular weight excluding hydrogens is 248 g/mol. The summed E-state index contributed by atoms with van der Waals surface area (Å²) < 4.78 is 1.30. The third-order valence-corrected chi connectivity index (χ3v) is 1.78. The number of carboxylic acids is 1. The molecule has 6 heteroatoms. The van der Waals surface area contributed by atoms with E-state index < -0.39 is 12.1 Å². The van der Waals surface area contributed by atoms with Gasteiger partial charge in [0, 0.05) is 0 Å². The van der Waals surface area contributed by atoms with Crippen molar-refractivity contribution in [2.45, 2.75) is 21.0 Å². The van der Waals surface area contributed by atoms with Gasteiger partial charge in [-0.3, -0.25) is 0 Å². The number of rotatable bonds is 5. The molecule has 0 heterocycles. The first-order valence-corrected chi connectivity index (χ1v) is 5.51. The third kappa shape index (κ3) is 26.8. The molecule has 0 saturated heterocycles. The Morgan fingerprint density at radius 1 is 1.00 bits per heavy atom. The Morgan fingerprint density at radius 3 is 1.42 bits per heavy atom. The van der Waals surface area contributed by atoms with Crippen LogP contribution < -0.4 is 0 Å². The van der Waals surface area contributed by atoms with E-state index in [1.54, 1.807) is 0 Å². The third-order valence-electron chi connectivity index (χ3n) is 1.78. The van der Waals surface area contributed by atoms with Gasteiger partial charge in [-0.1, -0.05) is 14.9 Å². The Bertz CT molecular complexity index is 220. The molecule has 0 radical (unpaired) electrons. The number of aliphatic carboxylic acids is 1. The molecule has 0 aromatic rings. The average Bonchev–Trinajstić information content (AvgIpc) is 1.98. The number of carbonyl (C=O) groups is 1. The van der Waals surface area contributed by atoms with Gasteiger partial charge in [-0.25, -0.2) is 4.79 Å². The molecule has 0 aliphatic rings. The first-order valence-electron chi connectivity index (χ1n) is 5.51. The minimum atomic E-state index is -1.25. The van der Waals surface area contributed by atoms with Gasteiger partial charge >= 0.3 is 5.97 Å². The Labute approximate surface area is 119 Å². The minimum absolute atomic E-state index is 0. The first kappa shape index (κ1) is 26.8. The number of carboxylic acid groups (broad SMARTS) is 1. The molecule has 0 aliphatic carbocycles. The molecular formula is C13H36N2O4+2. The van der Waals surface area contributed by atoms with Gasteiger partial charge in [-0.15, -0.1) is 0 Å². The molecule has 0 aromatic heterocycles. The van der Waals surface area contributed by atoms with Crippen LogP contribution in [-0.4, -0.2) is 98.3 Å². The average molecular weight is 284 g/mol. The number of likely N-dealkylation sites (N-methyl/N-ethyl adjacent to an activating group) is 2. The molecule has 0 aromatic carbocycles. The Kier molecular flexibility index (Phi) is 15.7. The fourth-order valence-electron chi connectivity index (χ4n) is 0.897. The summed E-state index contributed by atoms with van der Waals surface area (Å²) in [5.41, 5.74) is 0. The highest BCUT2D eigenvalue weighted by atomic mass is 16.4. The van der Waals surface area contributed by atoms with E-state index in [0.29, 0.717) is 4.48 Å². The van der Waals surface area contributed by atoms with Crippen LogP contribution in [0, 0.1) is 0 Å². The van der Waals surface area contributed by atoms with Crippen LogP contribution in [0.15, 0.2) is 0 Å². The molecule has 0 aliphatic heterocycles. The summed E-state index contributed by atoms with van der Waals surface area (Å²) in [7, 11) is 11.6. The summed E-state index contributed by atoms with van der Waals surface area (Å²) in [6.45, 7) is 1.35. The van der Waals surface area contributed by atoms with Gasteiger partial charge in [0.05, 0.1) is 48.9 Å². The predicted octanol–water partition coefficient (Wildman–Crippen LogP) is 0.0952. The lowest BCUT2D eigenvalue weighted by Gasteiger charge is -2.24. The van der Waals surface area contributed by atoms with E-state index in [9.17, 15) is 4.79 Å². The monoisotopic (exact) mass is 284 g/mol. The normalized spacial score (nSPS) is 12.2. The van der Waals surface area contributed by atoms with Crippen molar-refractivity contribution in [1.82, 2.24) is 0 Å². The molecule has 0 fully saturated rings. The van der Waals surface area contributed by atoms with Crippen LogP contribution in [0.4, 0.5) is 0 Å². The zero-order valence-corrected chi connectivity index (χ0v) is 11.8. The zero-order chi connectivity index (χ0) is 14.3. The summed E-state index contributed by atoms with van der Waals surface area (Å²) in [4.78, 5) is 10.1. The summed E-state index contributed by atoms with van der Waals surface area (Å²) in [6, 6.07) is 0. The van der Waals surface area contributed by atoms with Crippen LogP contribution in [0.3, 0.4) is 0 Å². The van der Waals surface area contributed by atoms with Gasteiger partial charge in [0.15, 0.2) is 0 Å². The SMILES string of the molecule is C.C.C[N+](C)(C)CC(O)C(=O)O.C[N+](C)(C)CCO. The lowest BCUT2D eigenvalue weighted by atomic mass is 10.3. The predicted molar refractivity (Wildman–Crippen MR) is 80.0 cm³/mol. The second-order valence-electron chi connectivity index (χ2n) is 6.06. The number of hydrogen-bond donors (Lipinski definition) is 3. The van der Waals surface area contributed by atoms with Crippen molar-refractivity contribution >= 4 is 5.97 Å². The van der Waals surface area contributed by atoms with E-state index in [1.165, 1.54) is 0 Å². The van der Waals surface area contributed by atoms with Gasteiger partial charge in [0.25, 0.3) is 0 Å². The maximum atomic E-state index is 10.1. The highest BCUT2D eigenvalue weighted by molar-refractivity contribution is 5.71. The first-order chi connectivity index (χ1) is 7.39. The molecule has 0 amide bonds. The summed E-state index contributed by atoms with van der Waals surface area (Å²) >= 11 is 0. The maximum Gasteiger partial charge on any atom is 0.338 e. The largest absolute Gasteiger partial charge is 0.479 e. The van der Waals surface area contributed by atoms with Crippen molar-refractivity contribution in [2.24, 2.45) is 0 Å². The second-order valence-corrected chi connectivity index (χ2v) is 6.06. The van der Waals surface area contributed by atoms with Crippen LogP contribution in [0.2, 0.25) is 0 Å². The summed E-state index contributed by atoms with van der Waals surface area (Å²) in [6.07, 6.45) is -1.25. The van der Waals surface area contributed by atoms with Gasteiger partial charge in [0.1, 0.15) is 13.1 Å². The topological polar surface area (TPSA) is 77.8 Å². The van der Waals surface area contributed by atoms with E-state index in [-0.39, 0.29) is 28.0 Å². The molecule has 3 N–H and O–H groups in total. The minimum Gasteiger partial charge on any atom is -0.479 e. The van der Waals surface area contributed by atoms with Gasteiger partial charge in [0.2, 0.25) is 6.10 Å². The van der Waals surface area contributed by atoms with Crippen molar-refractivity contribution in [1.29, 1.82) is 0 Å². The van der Waals surface area contributed by atoms with Crippen molar-refractivity contribution in [3.63, 3.8) is 0 Å². The molecule has 1 atom stereocenters. The van der Waals surface area contributed by atoms with Gasteiger partial charge in [-0.2, -0.15) is 0 Å². The summed E-state index contributed by atoms with van der Waals surface area (Å²) in [5, 5.41) is 25.5. The van der Waals surface area contributed by atoms with Crippen molar-refractivity contribution < 1.29 is 29.1 Å². The smallest absolute Gasteiger partial charge is 0.338 e. The van der Waals surface area contributed by atoms with Crippen LogP contribution in [-0.2, 0) is 4.79 Å². The van der Waals surface area contributed by atoms with E-state index >= 15 is 0 Å². The van der Waals surface area contributed by atoms with E-state index in [2.05, 4.69) is 21.1 Å². The van der Waals surface area contributed by atoms with Gasteiger partial charge in [-0.05, 0) is 0 Å². The van der Waals surface area contributed by atoms with Crippen molar-refractivity contribution in [3.8, 4) is 0 Å². The molecule has 0 saturated carbocycles. The standard InChI is InChI=1S/C6H13NO3.C5H14NO.2CH4/c1-7(2,3)4-5(8)6(9)10;1-6(2,3)4-5-7;;/h5,8H,4H2,1-3H3;7H,4-5H2,1-3H3;2*1H4/q;+1;;/p+1.